The molecule has 0 aromatic carbocycles. The number of carbonyl (C=O) groups excluding carboxylic acids is 1. The summed E-state index contributed by atoms with van der Waals surface area (Å²) in [5.74, 6) is 0. The predicted molar refractivity (Wildman–Crippen MR) is 64.3 cm³/mol. The number of aliphatic hydroxyl groups excluding tert-OH is 1. The molecule has 0 rings (SSSR count). The summed E-state index contributed by atoms with van der Waals surface area (Å²) in [6, 6.07) is -0.336. The zero-order chi connectivity index (χ0) is 12.8. The minimum atomic E-state index is -0.743. The maximum atomic E-state index is 11.5. The van der Waals surface area contributed by atoms with Gasteiger partial charge in [-0.25, -0.2) is 4.79 Å². The molecule has 94 valence electrons. The molecule has 0 spiro atoms. The number of hydrogen-bond donors (Lipinski definition) is 2. The smallest absolute Gasteiger partial charge is 0.407 e. The Bertz CT molecular complexity index is 233. The lowest BCUT2D eigenvalue weighted by molar-refractivity contribution is 0.0449. The molecule has 0 aliphatic heterocycles. The van der Waals surface area contributed by atoms with Gasteiger partial charge in [0.25, 0.3) is 0 Å². The van der Waals surface area contributed by atoms with Crippen molar-refractivity contribution in [1.29, 1.82) is 0 Å². The second kappa shape index (κ2) is 6.53. The predicted octanol–water partition coefficient (Wildman–Crippen LogP) is 2.23. The molecule has 0 aromatic heterocycles. The summed E-state index contributed by atoms with van der Waals surface area (Å²) >= 11 is 0. The molecule has 0 aliphatic carbocycles. The summed E-state index contributed by atoms with van der Waals surface area (Å²) in [7, 11) is 0. The van der Waals surface area contributed by atoms with Gasteiger partial charge in [-0.05, 0) is 27.2 Å². The van der Waals surface area contributed by atoms with Gasteiger partial charge in [-0.2, -0.15) is 0 Å². The van der Waals surface area contributed by atoms with Crippen LogP contribution in [0.1, 0.15) is 40.5 Å². The lowest BCUT2D eigenvalue weighted by Crippen LogP contribution is -2.44. The second-order valence-electron chi connectivity index (χ2n) is 4.77. The summed E-state index contributed by atoms with van der Waals surface area (Å²) < 4.78 is 5.11. The van der Waals surface area contributed by atoms with Gasteiger partial charge in [0.15, 0.2) is 0 Å². The van der Waals surface area contributed by atoms with E-state index in [1.54, 1.807) is 20.8 Å². The van der Waals surface area contributed by atoms with Crippen LogP contribution in [0.25, 0.3) is 0 Å². The molecule has 0 unspecified atom stereocenters. The van der Waals surface area contributed by atoms with Crippen LogP contribution >= 0.6 is 0 Å². The van der Waals surface area contributed by atoms with Crippen molar-refractivity contribution < 1.29 is 14.6 Å². The number of amides is 1. The average Bonchev–Trinajstić information content (AvgIpc) is 2.13. The van der Waals surface area contributed by atoms with Crippen molar-refractivity contribution in [1.82, 2.24) is 5.32 Å². The van der Waals surface area contributed by atoms with Crippen molar-refractivity contribution in [3.63, 3.8) is 0 Å². The molecule has 0 bridgehead atoms. The largest absolute Gasteiger partial charge is 0.444 e. The molecule has 0 radical (unpaired) electrons. The van der Waals surface area contributed by atoms with Gasteiger partial charge in [-0.3, -0.25) is 0 Å². The van der Waals surface area contributed by atoms with Crippen LogP contribution in [0, 0.1) is 0 Å². The first-order chi connectivity index (χ1) is 7.30. The van der Waals surface area contributed by atoms with Crippen LogP contribution in [0.4, 0.5) is 4.79 Å². The number of alkyl carbamates (subject to hydrolysis) is 1. The molecule has 1 amide bonds. The minimum absolute atomic E-state index is 0.336. The van der Waals surface area contributed by atoms with E-state index < -0.39 is 17.8 Å². The number of rotatable bonds is 5. The second-order valence-corrected chi connectivity index (χ2v) is 4.77. The van der Waals surface area contributed by atoms with E-state index in [9.17, 15) is 9.90 Å². The van der Waals surface area contributed by atoms with Gasteiger partial charge in [0, 0.05) is 0 Å². The fourth-order valence-corrected chi connectivity index (χ4v) is 1.26. The highest BCUT2D eigenvalue weighted by atomic mass is 16.6. The van der Waals surface area contributed by atoms with Gasteiger partial charge in [0.05, 0.1) is 12.1 Å². The quantitative estimate of drug-likeness (QED) is 0.711. The highest BCUT2D eigenvalue weighted by molar-refractivity contribution is 5.68. The van der Waals surface area contributed by atoms with Crippen molar-refractivity contribution in [2.75, 3.05) is 0 Å². The monoisotopic (exact) mass is 229 g/mol. The fraction of sp³-hybridized carbons (Fsp3) is 0.750. The molecule has 0 fully saturated rings. The fourth-order valence-electron chi connectivity index (χ4n) is 1.26. The van der Waals surface area contributed by atoms with E-state index in [0.717, 1.165) is 6.42 Å². The van der Waals surface area contributed by atoms with E-state index in [2.05, 4.69) is 11.9 Å². The molecule has 4 nitrogen and oxygen atoms in total. The molecule has 4 heteroatoms. The maximum Gasteiger partial charge on any atom is 0.407 e. The molecular weight excluding hydrogens is 206 g/mol. The zero-order valence-corrected chi connectivity index (χ0v) is 10.6. The van der Waals surface area contributed by atoms with Crippen molar-refractivity contribution in [2.24, 2.45) is 0 Å². The Morgan fingerprint density at radius 1 is 1.56 bits per heavy atom. The van der Waals surface area contributed by atoms with Gasteiger partial charge < -0.3 is 15.2 Å². The summed E-state index contributed by atoms with van der Waals surface area (Å²) in [4.78, 5) is 11.5. The van der Waals surface area contributed by atoms with Crippen LogP contribution in [-0.4, -0.2) is 28.9 Å². The van der Waals surface area contributed by atoms with Crippen molar-refractivity contribution in [3.8, 4) is 0 Å². The van der Waals surface area contributed by atoms with Crippen LogP contribution in [0.15, 0.2) is 12.7 Å². The maximum absolute atomic E-state index is 11.5. The van der Waals surface area contributed by atoms with E-state index in [0.29, 0.717) is 6.42 Å². The topological polar surface area (TPSA) is 58.6 Å². The highest BCUT2D eigenvalue weighted by Crippen LogP contribution is 2.09. The Labute approximate surface area is 97.7 Å². The van der Waals surface area contributed by atoms with Gasteiger partial charge in [-0.15, -0.1) is 6.58 Å². The molecule has 2 N–H and O–H groups in total. The minimum Gasteiger partial charge on any atom is -0.444 e. The number of carbonyl (C=O) groups is 1. The highest BCUT2D eigenvalue weighted by Gasteiger charge is 2.22. The zero-order valence-electron chi connectivity index (χ0n) is 10.6. The summed E-state index contributed by atoms with van der Waals surface area (Å²) in [6.07, 6.45) is 1.72. The number of nitrogens with one attached hydrogen (secondary N) is 1. The van der Waals surface area contributed by atoms with E-state index in [1.807, 2.05) is 6.92 Å². The third-order valence-corrected chi connectivity index (χ3v) is 1.96. The number of aliphatic hydroxyl groups is 1. The first kappa shape index (κ1) is 15.0. The van der Waals surface area contributed by atoms with E-state index in [1.165, 1.54) is 6.08 Å². The normalized spacial score (nSPS) is 15.1. The molecule has 16 heavy (non-hydrogen) atoms. The Morgan fingerprint density at radius 2 is 2.12 bits per heavy atom. The molecule has 0 saturated heterocycles. The van der Waals surface area contributed by atoms with Crippen LogP contribution in [-0.2, 0) is 4.74 Å². The third-order valence-electron chi connectivity index (χ3n) is 1.96. The lowest BCUT2D eigenvalue weighted by atomic mass is 10.1. The Balaban J connectivity index is 4.28. The standard InChI is InChI=1S/C12H23NO3/c1-6-8-9(10(14)7-2)13-11(15)16-12(3,4)5/h7,9-10,14H,2,6,8H2,1,3-5H3,(H,13,15)/t9-,10+/m0/s1. The molecule has 0 saturated carbocycles. The molecule has 2 atom stereocenters. The van der Waals surface area contributed by atoms with Gasteiger partial charge in [-0.1, -0.05) is 19.4 Å². The Hall–Kier alpha value is -1.03. The third kappa shape index (κ3) is 6.45. The number of hydrogen-bond acceptors (Lipinski definition) is 3. The van der Waals surface area contributed by atoms with Crippen molar-refractivity contribution in [3.05, 3.63) is 12.7 Å². The number of ether oxygens (including phenoxy) is 1. The van der Waals surface area contributed by atoms with Crippen molar-refractivity contribution in [2.45, 2.75) is 58.3 Å². The van der Waals surface area contributed by atoms with E-state index in [-0.39, 0.29) is 6.04 Å². The van der Waals surface area contributed by atoms with E-state index in [4.69, 9.17) is 4.74 Å². The van der Waals surface area contributed by atoms with Crippen LogP contribution in [0.5, 0.6) is 0 Å². The van der Waals surface area contributed by atoms with Crippen LogP contribution in [0.3, 0.4) is 0 Å². The SMILES string of the molecule is C=C[C@@H](O)[C@H](CCC)NC(=O)OC(C)(C)C. The molecule has 0 aliphatic rings. The van der Waals surface area contributed by atoms with Crippen LogP contribution in [0.2, 0.25) is 0 Å². The summed E-state index contributed by atoms with van der Waals surface area (Å²) in [6.45, 7) is 10.9. The average molecular weight is 229 g/mol. The Morgan fingerprint density at radius 3 is 2.50 bits per heavy atom. The van der Waals surface area contributed by atoms with Gasteiger partial charge in [0.1, 0.15) is 5.60 Å². The molecule has 0 heterocycles. The lowest BCUT2D eigenvalue weighted by Gasteiger charge is -2.25. The molecular formula is C12H23NO3. The van der Waals surface area contributed by atoms with Gasteiger partial charge in [0.2, 0.25) is 0 Å². The van der Waals surface area contributed by atoms with E-state index >= 15 is 0 Å². The molecule has 0 aromatic rings. The van der Waals surface area contributed by atoms with Crippen LogP contribution < -0.4 is 5.32 Å². The Kier molecular flexibility index (Phi) is 6.11. The summed E-state index contributed by atoms with van der Waals surface area (Å²) in [5.41, 5.74) is -0.528. The first-order valence-corrected chi connectivity index (χ1v) is 5.60. The van der Waals surface area contributed by atoms with Gasteiger partial charge >= 0.3 is 6.09 Å². The summed E-state index contributed by atoms with van der Waals surface area (Å²) in [5, 5.41) is 12.3. The van der Waals surface area contributed by atoms with Crippen molar-refractivity contribution >= 4 is 6.09 Å². The first-order valence-electron chi connectivity index (χ1n) is 5.60.